The summed E-state index contributed by atoms with van der Waals surface area (Å²) in [5, 5.41) is 0. The summed E-state index contributed by atoms with van der Waals surface area (Å²) in [6.45, 7) is 12.5. The van der Waals surface area contributed by atoms with Gasteiger partial charge in [0.15, 0.2) is 0 Å². The Bertz CT molecular complexity index is 673. The predicted octanol–water partition coefficient (Wildman–Crippen LogP) is 1.77. The third-order valence-electron chi connectivity index (χ3n) is 6.43. The van der Waals surface area contributed by atoms with Gasteiger partial charge in [0.25, 0.3) is 0 Å². The van der Waals surface area contributed by atoms with Gasteiger partial charge in [-0.05, 0) is 38.5 Å². The van der Waals surface area contributed by atoms with Gasteiger partial charge in [-0.1, -0.05) is 6.92 Å². The first kappa shape index (κ1) is 19.4. The largest absolute Gasteiger partial charge is 0.356 e. The third kappa shape index (κ3) is 4.57. The van der Waals surface area contributed by atoms with Crippen LogP contribution in [-0.2, 0) is 4.79 Å². The minimum atomic E-state index is 0.301. The fourth-order valence-corrected chi connectivity index (χ4v) is 4.49. The zero-order valence-electron chi connectivity index (χ0n) is 17.4. The quantitative estimate of drug-likeness (QED) is 0.786. The summed E-state index contributed by atoms with van der Waals surface area (Å²) in [6, 6.07) is 2.15. The molecule has 154 valence electrons. The van der Waals surface area contributed by atoms with Crippen LogP contribution in [0.25, 0.3) is 0 Å². The monoisotopic (exact) mass is 386 g/mol. The molecule has 1 amide bonds. The number of aryl methyl sites for hydroxylation is 1. The van der Waals surface area contributed by atoms with Crippen LogP contribution in [0.15, 0.2) is 6.07 Å². The van der Waals surface area contributed by atoms with E-state index in [0.717, 1.165) is 88.6 Å². The zero-order chi connectivity index (χ0) is 19.5. The fourth-order valence-electron chi connectivity index (χ4n) is 4.49. The number of hydrogen-bond acceptors (Lipinski definition) is 6. The van der Waals surface area contributed by atoms with E-state index in [2.05, 4.69) is 42.6 Å². The molecular formula is C21H34N6O. The lowest BCUT2D eigenvalue weighted by Gasteiger charge is -2.37. The van der Waals surface area contributed by atoms with Gasteiger partial charge in [0.1, 0.15) is 17.5 Å². The minimum Gasteiger partial charge on any atom is -0.356 e. The second-order valence-corrected chi connectivity index (χ2v) is 8.65. The summed E-state index contributed by atoms with van der Waals surface area (Å²) in [6.07, 6.45) is 4.79. The summed E-state index contributed by atoms with van der Waals surface area (Å²) < 4.78 is 0. The lowest BCUT2D eigenvalue weighted by atomic mass is 9.99. The first-order valence-corrected chi connectivity index (χ1v) is 10.9. The molecule has 0 saturated carbocycles. The van der Waals surface area contributed by atoms with Gasteiger partial charge in [-0.3, -0.25) is 9.69 Å². The molecule has 4 rings (SSSR count). The normalized spacial score (nSPS) is 22.1. The van der Waals surface area contributed by atoms with Crippen molar-refractivity contribution in [1.29, 1.82) is 0 Å². The number of likely N-dealkylation sites (tertiary alicyclic amines) is 1. The van der Waals surface area contributed by atoms with E-state index >= 15 is 0 Å². The Morgan fingerprint density at radius 3 is 2.11 bits per heavy atom. The summed E-state index contributed by atoms with van der Waals surface area (Å²) in [4.78, 5) is 31.0. The van der Waals surface area contributed by atoms with Crippen LogP contribution in [0.2, 0.25) is 0 Å². The Balaban J connectivity index is 1.31. The van der Waals surface area contributed by atoms with Crippen LogP contribution in [0.4, 0.5) is 11.6 Å². The average Bonchev–Trinajstić information content (AvgIpc) is 3.23. The van der Waals surface area contributed by atoms with Crippen LogP contribution in [0.3, 0.4) is 0 Å². The molecule has 3 aliphatic rings. The number of hydrogen-bond donors (Lipinski definition) is 0. The number of piperazine rings is 1. The zero-order valence-corrected chi connectivity index (χ0v) is 17.4. The van der Waals surface area contributed by atoms with Crippen LogP contribution in [0.1, 0.15) is 38.4 Å². The number of nitrogens with zero attached hydrogens (tertiary/aromatic N) is 6. The fraction of sp³-hybridized carbons (Fsp3) is 0.762. The molecule has 0 spiro atoms. The first-order chi connectivity index (χ1) is 13.6. The Labute approximate surface area is 168 Å². The van der Waals surface area contributed by atoms with Crippen LogP contribution in [0, 0.1) is 12.8 Å². The molecule has 3 aliphatic heterocycles. The first-order valence-electron chi connectivity index (χ1n) is 10.9. The number of amides is 1. The molecule has 0 aliphatic carbocycles. The Hall–Kier alpha value is -1.89. The number of anilines is 2. The maximum Gasteiger partial charge on any atom is 0.236 e. The summed E-state index contributed by atoms with van der Waals surface area (Å²) in [5.74, 6) is 4.00. The molecule has 0 radical (unpaired) electrons. The highest BCUT2D eigenvalue weighted by atomic mass is 16.2. The van der Waals surface area contributed by atoms with Crippen molar-refractivity contribution in [3.8, 4) is 0 Å². The Morgan fingerprint density at radius 2 is 1.50 bits per heavy atom. The van der Waals surface area contributed by atoms with E-state index in [1.54, 1.807) is 0 Å². The van der Waals surface area contributed by atoms with Gasteiger partial charge in [-0.15, -0.1) is 0 Å². The van der Waals surface area contributed by atoms with Gasteiger partial charge in [0.05, 0.1) is 6.54 Å². The topological polar surface area (TPSA) is 55.8 Å². The predicted molar refractivity (Wildman–Crippen MR) is 112 cm³/mol. The van der Waals surface area contributed by atoms with Gasteiger partial charge in [0, 0.05) is 58.4 Å². The molecule has 3 fully saturated rings. The van der Waals surface area contributed by atoms with E-state index in [9.17, 15) is 4.79 Å². The van der Waals surface area contributed by atoms with E-state index in [4.69, 9.17) is 0 Å². The van der Waals surface area contributed by atoms with Gasteiger partial charge < -0.3 is 14.7 Å². The van der Waals surface area contributed by atoms with Gasteiger partial charge >= 0.3 is 0 Å². The van der Waals surface area contributed by atoms with Gasteiger partial charge in [-0.25, -0.2) is 9.97 Å². The van der Waals surface area contributed by atoms with Crippen LogP contribution in [0.5, 0.6) is 0 Å². The molecule has 1 aromatic rings. The molecule has 1 aromatic heterocycles. The van der Waals surface area contributed by atoms with Crippen LogP contribution in [-0.4, -0.2) is 84.6 Å². The molecule has 7 nitrogen and oxygen atoms in total. The van der Waals surface area contributed by atoms with E-state index in [0.29, 0.717) is 12.5 Å². The molecule has 0 aromatic carbocycles. The Kier molecular flexibility index (Phi) is 5.99. The number of carbonyl (C=O) groups excluding carboxylic acids is 1. The second kappa shape index (κ2) is 8.64. The molecule has 4 heterocycles. The maximum absolute atomic E-state index is 12.6. The highest BCUT2D eigenvalue weighted by Crippen LogP contribution is 2.23. The molecule has 0 atom stereocenters. The molecule has 28 heavy (non-hydrogen) atoms. The van der Waals surface area contributed by atoms with Crippen molar-refractivity contribution < 1.29 is 4.79 Å². The van der Waals surface area contributed by atoms with E-state index in [1.807, 2.05) is 6.92 Å². The molecule has 0 N–H and O–H groups in total. The van der Waals surface area contributed by atoms with Gasteiger partial charge in [0.2, 0.25) is 5.91 Å². The van der Waals surface area contributed by atoms with E-state index < -0.39 is 0 Å². The highest BCUT2D eigenvalue weighted by molar-refractivity contribution is 5.78. The molecule has 0 bridgehead atoms. The molecular weight excluding hydrogens is 352 g/mol. The Morgan fingerprint density at radius 1 is 0.929 bits per heavy atom. The van der Waals surface area contributed by atoms with Crippen molar-refractivity contribution in [1.82, 2.24) is 19.8 Å². The van der Waals surface area contributed by atoms with Crippen molar-refractivity contribution >= 4 is 17.5 Å². The lowest BCUT2D eigenvalue weighted by molar-refractivity contribution is -0.133. The smallest absolute Gasteiger partial charge is 0.236 e. The van der Waals surface area contributed by atoms with Crippen molar-refractivity contribution in [2.45, 2.75) is 39.5 Å². The van der Waals surface area contributed by atoms with E-state index in [1.165, 1.54) is 12.8 Å². The van der Waals surface area contributed by atoms with E-state index in [-0.39, 0.29) is 0 Å². The van der Waals surface area contributed by atoms with Crippen molar-refractivity contribution in [3.05, 3.63) is 11.9 Å². The lowest BCUT2D eigenvalue weighted by Crippen LogP contribution is -2.51. The van der Waals surface area contributed by atoms with Crippen LogP contribution >= 0.6 is 0 Å². The summed E-state index contributed by atoms with van der Waals surface area (Å²) in [7, 11) is 0. The third-order valence-corrected chi connectivity index (χ3v) is 6.43. The van der Waals surface area contributed by atoms with Crippen molar-refractivity contribution in [2.24, 2.45) is 5.92 Å². The SMILES string of the molecule is Cc1nc(N2CCCC2)cc(N2CCN(CC(=O)N3CCC(C)CC3)CC2)n1. The number of rotatable bonds is 4. The highest BCUT2D eigenvalue weighted by Gasteiger charge is 2.25. The second-order valence-electron chi connectivity index (χ2n) is 8.65. The standard InChI is InChI=1S/C21H34N6O/c1-17-5-9-27(10-6-17)21(28)16-24-11-13-26(14-12-24)20-15-19(22-18(2)23-20)25-7-3-4-8-25/h15,17H,3-14,16H2,1-2H3. The van der Waals surface area contributed by atoms with Crippen LogP contribution < -0.4 is 9.80 Å². The maximum atomic E-state index is 12.6. The summed E-state index contributed by atoms with van der Waals surface area (Å²) in [5.41, 5.74) is 0. The van der Waals surface area contributed by atoms with Crippen molar-refractivity contribution in [2.75, 3.05) is 68.7 Å². The molecule has 0 unspecified atom stereocenters. The average molecular weight is 387 g/mol. The van der Waals surface area contributed by atoms with Crippen molar-refractivity contribution in [3.63, 3.8) is 0 Å². The number of carbonyl (C=O) groups is 1. The molecule has 7 heteroatoms. The summed E-state index contributed by atoms with van der Waals surface area (Å²) >= 11 is 0. The number of piperidine rings is 1. The van der Waals surface area contributed by atoms with Gasteiger partial charge in [-0.2, -0.15) is 0 Å². The molecule has 3 saturated heterocycles. The minimum absolute atomic E-state index is 0.301. The number of aromatic nitrogens is 2.